The topological polar surface area (TPSA) is 86.7 Å². The third kappa shape index (κ3) is 7.60. The van der Waals surface area contributed by atoms with Crippen molar-refractivity contribution in [3.05, 3.63) is 81.9 Å². The van der Waals surface area contributed by atoms with E-state index in [0.29, 0.717) is 36.5 Å². The Bertz CT molecular complexity index is 1270. The Morgan fingerprint density at radius 2 is 1.71 bits per heavy atom. The number of ether oxygens (including phenoxy) is 2. The lowest BCUT2D eigenvalue weighted by atomic mass is 10.00. The van der Waals surface area contributed by atoms with Gasteiger partial charge >= 0.3 is 12.4 Å². The molecule has 0 radical (unpaired) electrons. The Morgan fingerprint density at radius 1 is 1.07 bits per heavy atom. The molecule has 1 aromatic heterocycles. The predicted octanol–water partition coefficient (Wildman–Crippen LogP) is 4.69. The summed E-state index contributed by atoms with van der Waals surface area (Å²) in [7, 11) is 3.72. The first-order valence-corrected chi connectivity index (χ1v) is 12.5. The van der Waals surface area contributed by atoms with Crippen molar-refractivity contribution in [3.63, 3.8) is 0 Å². The SMILES string of the molecule is CN(C)Cc1[nH]nnc1CN1CCO[C@H](O[C@H](CO)c2cc(C(F)(F)F)cc(C(F)(F)F)c2)[C@@H]1c1ccc(F)cc1. The van der Waals surface area contributed by atoms with E-state index in [-0.39, 0.29) is 19.2 Å². The molecule has 2 aromatic carbocycles. The maximum atomic E-state index is 13.8. The molecule has 2 N–H and O–H groups in total. The van der Waals surface area contributed by atoms with E-state index in [4.69, 9.17) is 9.47 Å². The van der Waals surface area contributed by atoms with Crippen LogP contribution in [-0.4, -0.2) is 70.5 Å². The van der Waals surface area contributed by atoms with Gasteiger partial charge in [0.15, 0.2) is 6.29 Å². The molecule has 1 saturated heterocycles. The average molecular weight is 592 g/mol. The number of nitrogens with one attached hydrogen (secondary N) is 1. The molecule has 0 bridgehead atoms. The molecule has 0 amide bonds. The van der Waals surface area contributed by atoms with Crippen molar-refractivity contribution >= 4 is 0 Å². The van der Waals surface area contributed by atoms with Crippen LogP contribution in [0.3, 0.4) is 0 Å². The van der Waals surface area contributed by atoms with E-state index in [1.54, 1.807) is 0 Å². The molecule has 2 heterocycles. The van der Waals surface area contributed by atoms with Crippen molar-refractivity contribution in [2.45, 2.75) is 43.9 Å². The molecule has 3 aromatic rings. The summed E-state index contributed by atoms with van der Waals surface area (Å²) < 4.78 is 106. The van der Waals surface area contributed by atoms with E-state index in [1.807, 2.05) is 23.9 Å². The zero-order chi connectivity index (χ0) is 29.9. The summed E-state index contributed by atoms with van der Waals surface area (Å²) in [5.41, 5.74) is -1.77. The summed E-state index contributed by atoms with van der Waals surface area (Å²) in [6.45, 7) is 0.193. The maximum Gasteiger partial charge on any atom is 0.416 e. The van der Waals surface area contributed by atoms with Crippen molar-refractivity contribution in [2.24, 2.45) is 0 Å². The first kappa shape index (κ1) is 30.8. The van der Waals surface area contributed by atoms with Gasteiger partial charge < -0.3 is 19.5 Å². The second kappa shape index (κ2) is 12.4. The summed E-state index contributed by atoms with van der Waals surface area (Å²) in [4.78, 5) is 3.78. The summed E-state index contributed by atoms with van der Waals surface area (Å²) in [6, 6.07) is 5.58. The molecule has 1 fully saturated rings. The van der Waals surface area contributed by atoms with Gasteiger partial charge in [0.1, 0.15) is 17.6 Å². The van der Waals surface area contributed by atoms with Gasteiger partial charge in [-0.3, -0.25) is 10.00 Å². The van der Waals surface area contributed by atoms with Gasteiger partial charge in [-0.25, -0.2) is 4.39 Å². The summed E-state index contributed by atoms with van der Waals surface area (Å²) in [5, 5.41) is 20.9. The van der Waals surface area contributed by atoms with Crippen molar-refractivity contribution < 1.29 is 45.3 Å². The normalized spacial score (nSPS) is 19.6. The summed E-state index contributed by atoms with van der Waals surface area (Å²) >= 11 is 0. The standard InChI is InChI=1S/C26H28F7N5O3/c1-37(2)12-20-21(35-36-34-20)13-38-7-8-40-24(23(38)15-3-5-19(27)6-4-15)41-22(14-39)16-9-17(25(28,29)30)11-18(10-16)26(31,32)33/h3-6,9-11,22-24,39H,7-8,12-14H2,1-2H3,(H,34,35,36)/t22-,23+,24-/m1/s1. The minimum absolute atomic E-state index is 0.00132. The van der Waals surface area contributed by atoms with Crippen molar-refractivity contribution in [1.82, 2.24) is 25.2 Å². The van der Waals surface area contributed by atoms with Crippen LogP contribution in [0, 0.1) is 5.82 Å². The second-order valence-electron chi connectivity index (χ2n) is 9.83. The molecule has 0 spiro atoms. The van der Waals surface area contributed by atoms with Gasteiger partial charge in [0.05, 0.1) is 36.1 Å². The van der Waals surface area contributed by atoms with Gasteiger partial charge in [-0.1, -0.05) is 17.3 Å². The van der Waals surface area contributed by atoms with E-state index in [0.717, 1.165) is 5.69 Å². The Morgan fingerprint density at radius 3 is 2.27 bits per heavy atom. The summed E-state index contributed by atoms with van der Waals surface area (Å²) in [6.07, 6.45) is -13.0. The van der Waals surface area contributed by atoms with Crippen LogP contribution in [-0.2, 0) is 34.9 Å². The van der Waals surface area contributed by atoms with E-state index in [2.05, 4.69) is 15.4 Å². The zero-order valence-corrected chi connectivity index (χ0v) is 22.0. The van der Waals surface area contributed by atoms with Crippen molar-refractivity contribution in [1.29, 1.82) is 0 Å². The zero-order valence-electron chi connectivity index (χ0n) is 22.0. The van der Waals surface area contributed by atoms with Crippen LogP contribution in [0.4, 0.5) is 30.7 Å². The minimum Gasteiger partial charge on any atom is -0.393 e. The van der Waals surface area contributed by atoms with Gasteiger partial charge in [0.2, 0.25) is 0 Å². The first-order chi connectivity index (χ1) is 19.3. The number of hydrogen-bond acceptors (Lipinski definition) is 7. The molecule has 15 heteroatoms. The Labute approximate surface area is 230 Å². The number of rotatable bonds is 9. The fourth-order valence-electron chi connectivity index (χ4n) is 4.59. The van der Waals surface area contributed by atoms with Crippen LogP contribution < -0.4 is 0 Å². The highest BCUT2D eigenvalue weighted by Gasteiger charge is 2.40. The third-order valence-electron chi connectivity index (χ3n) is 6.50. The molecule has 4 rings (SSSR count). The van der Waals surface area contributed by atoms with Crippen LogP contribution in [0.15, 0.2) is 42.5 Å². The van der Waals surface area contributed by atoms with Crippen LogP contribution in [0.1, 0.15) is 45.8 Å². The molecule has 1 aliphatic rings. The monoisotopic (exact) mass is 591 g/mol. The van der Waals surface area contributed by atoms with E-state index >= 15 is 0 Å². The van der Waals surface area contributed by atoms with Gasteiger partial charge in [-0.15, -0.1) is 5.10 Å². The van der Waals surface area contributed by atoms with Crippen LogP contribution >= 0.6 is 0 Å². The number of aliphatic hydroxyl groups is 1. The lowest BCUT2D eigenvalue weighted by Crippen LogP contribution is -2.46. The number of morpholine rings is 1. The number of benzene rings is 2. The number of aromatic amines is 1. The van der Waals surface area contributed by atoms with E-state index < -0.39 is 59.9 Å². The third-order valence-corrected chi connectivity index (χ3v) is 6.50. The lowest BCUT2D eigenvalue weighted by molar-refractivity contribution is -0.238. The number of halogens is 7. The molecule has 0 aliphatic carbocycles. The quantitative estimate of drug-likeness (QED) is 0.349. The van der Waals surface area contributed by atoms with E-state index in [9.17, 15) is 35.8 Å². The number of nitrogens with zero attached hydrogens (tertiary/aromatic N) is 4. The molecule has 41 heavy (non-hydrogen) atoms. The summed E-state index contributed by atoms with van der Waals surface area (Å²) in [5.74, 6) is -0.517. The van der Waals surface area contributed by atoms with Crippen molar-refractivity contribution in [3.8, 4) is 0 Å². The van der Waals surface area contributed by atoms with Gasteiger partial charge in [-0.2, -0.15) is 26.3 Å². The fourth-order valence-corrected chi connectivity index (χ4v) is 4.59. The molecular weight excluding hydrogens is 563 g/mol. The molecule has 8 nitrogen and oxygen atoms in total. The number of hydrogen-bond donors (Lipinski definition) is 2. The molecule has 0 unspecified atom stereocenters. The first-order valence-electron chi connectivity index (χ1n) is 12.5. The maximum absolute atomic E-state index is 13.8. The Hall–Kier alpha value is -3.11. The predicted molar refractivity (Wildman–Crippen MR) is 130 cm³/mol. The van der Waals surface area contributed by atoms with Gasteiger partial charge in [-0.05, 0) is 55.6 Å². The molecule has 1 aliphatic heterocycles. The highest BCUT2D eigenvalue weighted by atomic mass is 19.4. The van der Waals surface area contributed by atoms with Crippen LogP contribution in [0.2, 0.25) is 0 Å². The number of aromatic nitrogens is 3. The highest BCUT2D eigenvalue weighted by Crippen LogP contribution is 2.40. The Balaban J connectivity index is 1.69. The Kier molecular flexibility index (Phi) is 9.33. The number of aliphatic hydroxyl groups excluding tert-OH is 1. The van der Waals surface area contributed by atoms with Gasteiger partial charge in [0, 0.05) is 19.6 Å². The number of H-pyrrole nitrogens is 1. The molecular formula is C26H28F7N5O3. The molecule has 224 valence electrons. The van der Waals surface area contributed by atoms with Crippen molar-refractivity contribution in [2.75, 3.05) is 33.9 Å². The molecule has 3 atom stereocenters. The minimum atomic E-state index is -5.08. The van der Waals surface area contributed by atoms with Crippen LogP contribution in [0.25, 0.3) is 0 Å². The number of alkyl halides is 6. The fraction of sp³-hybridized carbons (Fsp3) is 0.462. The lowest BCUT2D eigenvalue weighted by Gasteiger charge is -2.42. The largest absolute Gasteiger partial charge is 0.416 e. The van der Waals surface area contributed by atoms with Gasteiger partial charge in [0.25, 0.3) is 0 Å². The van der Waals surface area contributed by atoms with E-state index in [1.165, 1.54) is 24.3 Å². The average Bonchev–Trinajstić information content (AvgIpc) is 3.32. The van der Waals surface area contributed by atoms with Crippen LogP contribution in [0.5, 0.6) is 0 Å². The highest BCUT2D eigenvalue weighted by molar-refractivity contribution is 5.35. The smallest absolute Gasteiger partial charge is 0.393 e. The second-order valence-corrected chi connectivity index (χ2v) is 9.83. The molecule has 0 saturated carbocycles.